The minimum absolute atomic E-state index is 0.538. The van der Waals surface area contributed by atoms with E-state index in [-0.39, 0.29) is 0 Å². The molecule has 0 saturated carbocycles. The van der Waals surface area contributed by atoms with Crippen molar-refractivity contribution in [1.82, 2.24) is 15.1 Å². The molecule has 1 unspecified atom stereocenters. The summed E-state index contributed by atoms with van der Waals surface area (Å²) in [7, 11) is 1.70. The topological polar surface area (TPSA) is 58.6 Å². The van der Waals surface area contributed by atoms with Crippen molar-refractivity contribution in [2.45, 2.75) is 33.7 Å². The van der Waals surface area contributed by atoms with Crippen LogP contribution in [-0.2, 0) is 16.0 Å². The number of nitrogens with zero attached hydrogens (tertiary/aromatic N) is 3. The first kappa shape index (κ1) is 25.4. The molecular formula is C24H42N4O3. The Kier molecular flexibility index (Phi) is 12.3. The molecular weight excluding hydrogens is 392 g/mol. The molecule has 2 rings (SSSR count). The summed E-state index contributed by atoms with van der Waals surface area (Å²) >= 11 is 0. The zero-order valence-electron chi connectivity index (χ0n) is 19.9. The van der Waals surface area contributed by atoms with Crippen molar-refractivity contribution < 1.29 is 14.2 Å². The summed E-state index contributed by atoms with van der Waals surface area (Å²) in [5.41, 5.74) is 1.12. The van der Waals surface area contributed by atoms with Crippen LogP contribution in [0.1, 0.15) is 32.8 Å². The van der Waals surface area contributed by atoms with Gasteiger partial charge in [-0.3, -0.25) is 0 Å². The van der Waals surface area contributed by atoms with Crippen molar-refractivity contribution in [2.24, 2.45) is 10.9 Å². The second kappa shape index (κ2) is 15.1. The SMILES string of the molecule is CCNC(=NCc1ccccc1OCCN(CC)CC)N1CCC(COCCOC)C1. The fourth-order valence-corrected chi connectivity index (χ4v) is 3.74. The molecule has 0 aromatic heterocycles. The number of guanidine groups is 1. The number of para-hydroxylation sites is 1. The Morgan fingerprint density at radius 2 is 1.97 bits per heavy atom. The molecule has 1 saturated heterocycles. The van der Waals surface area contributed by atoms with E-state index in [2.05, 4.69) is 48.0 Å². The molecule has 1 aromatic rings. The van der Waals surface area contributed by atoms with Crippen molar-refractivity contribution in [2.75, 3.05) is 72.8 Å². The monoisotopic (exact) mass is 434 g/mol. The summed E-state index contributed by atoms with van der Waals surface area (Å²) in [6.45, 7) is 15.7. The van der Waals surface area contributed by atoms with Crippen LogP contribution >= 0.6 is 0 Å². The van der Waals surface area contributed by atoms with Gasteiger partial charge in [-0.25, -0.2) is 4.99 Å². The summed E-state index contributed by atoms with van der Waals surface area (Å²) < 4.78 is 16.9. The Hall–Kier alpha value is -1.83. The maximum atomic E-state index is 6.10. The standard InChI is InChI=1S/C24H42N4O3/c1-5-25-24(28-13-12-21(19-28)20-30-17-16-29-4)26-18-22-10-8-9-11-23(22)31-15-14-27(6-2)7-3/h8-11,21H,5-7,12-20H2,1-4H3,(H,25,26). The minimum Gasteiger partial charge on any atom is -0.492 e. The predicted octanol–water partition coefficient (Wildman–Crippen LogP) is 2.86. The van der Waals surface area contributed by atoms with Crippen LogP contribution in [-0.4, -0.2) is 88.6 Å². The second-order valence-electron chi connectivity index (χ2n) is 7.82. The molecule has 0 bridgehead atoms. The van der Waals surface area contributed by atoms with E-state index in [0.717, 1.165) is 69.6 Å². The minimum atomic E-state index is 0.538. The van der Waals surface area contributed by atoms with E-state index in [1.807, 2.05) is 12.1 Å². The second-order valence-corrected chi connectivity index (χ2v) is 7.82. The Labute approximate surface area is 188 Å². The first-order chi connectivity index (χ1) is 15.2. The molecule has 1 aromatic carbocycles. The number of aliphatic imine (C=N–C) groups is 1. The van der Waals surface area contributed by atoms with Gasteiger partial charge in [0.25, 0.3) is 0 Å². The lowest BCUT2D eigenvalue weighted by Crippen LogP contribution is -2.40. The summed E-state index contributed by atoms with van der Waals surface area (Å²) in [5.74, 6) is 2.44. The fraction of sp³-hybridized carbons (Fsp3) is 0.708. The molecule has 1 aliphatic heterocycles. The van der Waals surface area contributed by atoms with Crippen LogP contribution in [0.15, 0.2) is 29.3 Å². The van der Waals surface area contributed by atoms with E-state index in [1.165, 1.54) is 0 Å². The van der Waals surface area contributed by atoms with E-state index in [4.69, 9.17) is 19.2 Å². The number of hydrogen-bond donors (Lipinski definition) is 1. The van der Waals surface area contributed by atoms with Crippen molar-refractivity contribution in [3.05, 3.63) is 29.8 Å². The molecule has 1 N–H and O–H groups in total. The molecule has 1 heterocycles. The van der Waals surface area contributed by atoms with Crippen LogP contribution in [0, 0.1) is 5.92 Å². The highest BCUT2D eigenvalue weighted by atomic mass is 16.5. The Morgan fingerprint density at radius 1 is 1.16 bits per heavy atom. The third-order valence-electron chi connectivity index (χ3n) is 5.64. The molecule has 0 amide bonds. The Morgan fingerprint density at radius 3 is 2.71 bits per heavy atom. The summed E-state index contributed by atoms with van der Waals surface area (Å²) in [6.07, 6.45) is 1.13. The predicted molar refractivity (Wildman–Crippen MR) is 127 cm³/mol. The molecule has 1 atom stereocenters. The van der Waals surface area contributed by atoms with E-state index < -0.39 is 0 Å². The highest BCUT2D eigenvalue weighted by molar-refractivity contribution is 5.80. The lowest BCUT2D eigenvalue weighted by Gasteiger charge is -2.22. The summed E-state index contributed by atoms with van der Waals surface area (Å²) in [4.78, 5) is 9.64. The number of nitrogens with one attached hydrogen (secondary N) is 1. The lowest BCUT2D eigenvalue weighted by molar-refractivity contribution is 0.0536. The molecule has 7 heteroatoms. The normalized spacial score (nSPS) is 16.9. The largest absolute Gasteiger partial charge is 0.492 e. The van der Waals surface area contributed by atoms with Crippen molar-refractivity contribution in [3.63, 3.8) is 0 Å². The quantitative estimate of drug-likeness (QED) is 0.276. The van der Waals surface area contributed by atoms with Gasteiger partial charge in [0.15, 0.2) is 5.96 Å². The van der Waals surface area contributed by atoms with Crippen LogP contribution in [0.25, 0.3) is 0 Å². The summed E-state index contributed by atoms with van der Waals surface area (Å²) in [5, 5.41) is 3.45. The van der Waals surface area contributed by atoms with Gasteiger partial charge in [-0.15, -0.1) is 0 Å². The van der Waals surface area contributed by atoms with Gasteiger partial charge in [0.1, 0.15) is 12.4 Å². The van der Waals surface area contributed by atoms with Crippen molar-refractivity contribution in [3.8, 4) is 5.75 Å². The van der Waals surface area contributed by atoms with E-state index in [9.17, 15) is 0 Å². The average molecular weight is 435 g/mol. The van der Waals surface area contributed by atoms with Gasteiger partial charge >= 0.3 is 0 Å². The van der Waals surface area contributed by atoms with E-state index in [0.29, 0.717) is 32.3 Å². The zero-order valence-corrected chi connectivity index (χ0v) is 19.9. The van der Waals surface area contributed by atoms with Crippen LogP contribution in [0.3, 0.4) is 0 Å². The maximum absolute atomic E-state index is 6.10. The van der Waals surface area contributed by atoms with E-state index >= 15 is 0 Å². The molecule has 7 nitrogen and oxygen atoms in total. The third kappa shape index (κ3) is 9.05. The maximum Gasteiger partial charge on any atom is 0.194 e. The number of rotatable bonds is 14. The molecule has 0 aliphatic carbocycles. The fourth-order valence-electron chi connectivity index (χ4n) is 3.74. The molecule has 176 valence electrons. The average Bonchev–Trinajstić information content (AvgIpc) is 3.26. The van der Waals surface area contributed by atoms with Gasteiger partial charge in [-0.2, -0.15) is 0 Å². The summed E-state index contributed by atoms with van der Waals surface area (Å²) in [6, 6.07) is 8.23. The number of likely N-dealkylation sites (tertiary alicyclic amines) is 1. The van der Waals surface area contributed by atoms with Crippen LogP contribution in [0.4, 0.5) is 0 Å². The number of benzene rings is 1. The van der Waals surface area contributed by atoms with Crippen LogP contribution in [0.2, 0.25) is 0 Å². The van der Waals surface area contributed by atoms with Crippen LogP contribution in [0.5, 0.6) is 5.75 Å². The highest BCUT2D eigenvalue weighted by Gasteiger charge is 2.25. The number of hydrogen-bond acceptors (Lipinski definition) is 5. The highest BCUT2D eigenvalue weighted by Crippen LogP contribution is 2.20. The van der Waals surface area contributed by atoms with Gasteiger partial charge in [0, 0.05) is 44.8 Å². The molecule has 0 radical (unpaired) electrons. The van der Waals surface area contributed by atoms with Crippen molar-refractivity contribution >= 4 is 5.96 Å². The van der Waals surface area contributed by atoms with Crippen molar-refractivity contribution in [1.29, 1.82) is 0 Å². The van der Waals surface area contributed by atoms with Gasteiger partial charge in [-0.1, -0.05) is 32.0 Å². The van der Waals surface area contributed by atoms with Gasteiger partial charge < -0.3 is 29.3 Å². The van der Waals surface area contributed by atoms with E-state index in [1.54, 1.807) is 7.11 Å². The molecule has 0 spiro atoms. The molecule has 31 heavy (non-hydrogen) atoms. The molecule has 1 aliphatic rings. The number of likely N-dealkylation sites (N-methyl/N-ethyl adjacent to an activating group) is 1. The van der Waals surface area contributed by atoms with Gasteiger partial charge in [0.05, 0.1) is 26.4 Å². The Balaban J connectivity index is 1.92. The number of methoxy groups -OCH3 is 1. The van der Waals surface area contributed by atoms with Crippen LogP contribution < -0.4 is 10.1 Å². The Bertz CT molecular complexity index is 637. The van der Waals surface area contributed by atoms with Gasteiger partial charge in [0.2, 0.25) is 0 Å². The van der Waals surface area contributed by atoms with Gasteiger partial charge in [-0.05, 0) is 32.5 Å². The third-order valence-corrected chi connectivity index (χ3v) is 5.64. The molecule has 1 fully saturated rings. The first-order valence-electron chi connectivity index (χ1n) is 11.7. The zero-order chi connectivity index (χ0) is 22.3. The smallest absolute Gasteiger partial charge is 0.194 e. The number of ether oxygens (including phenoxy) is 3. The first-order valence-corrected chi connectivity index (χ1v) is 11.7. The lowest BCUT2D eigenvalue weighted by atomic mass is 10.1.